The molecule has 1 unspecified atom stereocenters. The molecule has 0 saturated heterocycles. The van der Waals surface area contributed by atoms with E-state index >= 15 is 0 Å². The van der Waals surface area contributed by atoms with Crippen molar-refractivity contribution >= 4 is 17.9 Å². The maximum atomic E-state index is 12.8. The average molecular weight is 1070 g/mol. The monoisotopic (exact) mass is 1070 g/mol. The Labute approximate surface area is 477 Å². The largest absolute Gasteiger partial charge is 0.462 e. The molecule has 6 heteroatoms. The van der Waals surface area contributed by atoms with Crippen LogP contribution < -0.4 is 0 Å². The third-order valence-electron chi connectivity index (χ3n) is 14.1. The molecule has 0 spiro atoms. The van der Waals surface area contributed by atoms with Gasteiger partial charge >= 0.3 is 17.9 Å². The van der Waals surface area contributed by atoms with Gasteiger partial charge in [0, 0.05) is 19.3 Å². The van der Waals surface area contributed by atoms with Crippen LogP contribution in [0.5, 0.6) is 0 Å². The van der Waals surface area contributed by atoms with Gasteiger partial charge < -0.3 is 14.2 Å². The van der Waals surface area contributed by atoms with Crippen molar-refractivity contribution in [1.82, 2.24) is 0 Å². The molecule has 0 bridgehead atoms. The third-order valence-corrected chi connectivity index (χ3v) is 14.1. The molecule has 77 heavy (non-hydrogen) atoms. The van der Waals surface area contributed by atoms with Crippen LogP contribution in [0.1, 0.15) is 316 Å². The van der Waals surface area contributed by atoms with E-state index in [2.05, 4.69) is 118 Å². The molecule has 0 aromatic carbocycles. The second-order valence-corrected chi connectivity index (χ2v) is 21.6. The van der Waals surface area contributed by atoms with E-state index in [0.29, 0.717) is 19.3 Å². The lowest BCUT2D eigenvalue weighted by atomic mass is 10.0. The highest BCUT2D eigenvalue weighted by Crippen LogP contribution is 2.17. The SMILES string of the molecule is CC/C=C\C/C=C\C/C=C\C/C=C\CCCCCCCCCCCCCCCCCCCCCCCCC(=O)OCC(COC(=O)CCCCCCCCC)OC(=O)CCCCCC/C=C\C/C=C\C/C=C\C/C=C\CC. The average Bonchev–Trinajstić information content (AvgIpc) is 3.43. The number of esters is 3. The van der Waals surface area contributed by atoms with Gasteiger partial charge in [0.1, 0.15) is 13.2 Å². The summed E-state index contributed by atoms with van der Waals surface area (Å²) in [5.74, 6) is -0.904. The molecular formula is C71H122O6. The van der Waals surface area contributed by atoms with Crippen molar-refractivity contribution in [3.05, 3.63) is 97.2 Å². The van der Waals surface area contributed by atoms with Gasteiger partial charge in [-0.2, -0.15) is 0 Å². The molecular weight excluding hydrogens is 949 g/mol. The molecule has 0 aromatic rings. The second kappa shape index (κ2) is 64.9. The zero-order valence-electron chi connectivity index (χ0n) is 50.7. The van der Waals surface area contributed by atoms with Gasteiger partial charge in [-0.05, 0) is 96.3 Å². The van der Waals surface area contributed by atoms with Crippen molar-refractivity contribution in [2.45, 2.75) is 322 Å². The smallest absolute Gasteiger partial charge is 0.306 e. The van der Waals surface area contributed by atoms with E-state index in [9.17, 15) is 14.4 Å². The Balaban J connectivity index is 3.99. The Morgan fingerprint density at radius 2 is 0.506 bits per heavy atom. The van der Waals surface area contributed by atoms with Gasteiger partial charge in [0.05, 0.1) is 0 Å². The fourth-order valence-corrected chi connectivity index (χ4v) is 9.25. The number of rotatable bonds is 59. The van der Waals surface area contributed by atoms with Gasteiger partial charge in [0.25, 0.3) is 0 Å². The van der Waals surface area contributed by atoms with Crippen LogP contribution in [0.4, 0.5) is 0 Å². The first-order chi connectivity index (χ1) is 38.0. The molecule has 0 aliphatic rings. The lowest BCUT2D eigenvalue weighted by Crippen LogP contribution is -2.30. The zero-order valence-corrected chi connectivity index (χ0v) is 50.7. The fourth-order valence-electron chi connectivity index (χ4n) is 9.25. The van der Waals surface area contributed by atoms with Crippen LogP contribution in [0.3, 0.4) is 0 Å². The van der Waals surface area contributed by atoms with Gasteiger partial charge in [-0.15, -0.1) is 0 Å². The number of carbonyl (C=O) groups is 3. The summed E-state index contributed by atoms with van der Waals surface area (Å²) in [6, 6.07) is 0. The van der Waals surface area contributed by atoms with E-state index in [4.69, 9.17) is 14.2 Å². The molecule has 0 amide bonds. The summed E-state index contributed by atoms with van der Waals surface area (Å²) in [7, 11) is 0. The third kappa shape index (κ3) is 63.0. The van der Waals surface area contributed by atoms with Gasteiger partial charge in [-0.25, -0.2) is 0 Å². The number of hydrogen-bond acceptors (Lipinski definition) is 6. The molecule has 6 nitrogen and oxygen atoms in total. The first-order valence-corrected chi connectivity index (χ1v) is 32.7. The number of allylic oxidation sites excluding steroid dienone is 16. The number of ether oxygens (including phenoxy) is 3. The van der Waals surface area contributed by atoms with E-state index in [1.165, 1.54) is 154 Å². The highest BCUT2D eigenvalue weighted by atomic mass is 16.6. The molecule has 0 radical (unpaired) electrons. The van der Waals surface area contributed by atoms with E-state index in [1.807, 2.05) is 0 Å². The molecule has 0 fully saturated rings. The second-order valence-electron chi connectivity index (χ2n) is 21.6. The Morgan fingerprint density at radius 1 is 0.273 bits per heavy atom. The summed E-state index contributed by atoms with van der Waals surface area (Å²) >= 11 is 0. The van der Waals surface area contributed by atoms with E-state index in [0.717, 1.165) is 122 Å². The molecule has 1 atom stereocenters. The summed E-state index contributed by atoms with van der Waals surface area (Å²) in [4.78, 5) is 38.0. The maximum Gasteiger partial charge on any atom is 0.306 e. The van der Waals surface area contributed by atoms with Crippen LogP contribution in [-0.2, 0) is 28.6 Å². The summed E-state index contributed by atoms with van der Waals surface area (Å²) < 4.78 is 16.8. The summed E-state index contributed by atoms with van der Waals surface area (Å²) in [5, 5.41) is 0. The molecule has 0 aliphatic heterocycles. The van der Waals surface area contributed by atoms with Crippen LogP contribution in [0.25, 0.3) is 0 Å². The summed E-state index contributed by atoms with van der Waals surface area (Å²) in [6.45, 7) is 6.37. The normalized spacial score (nSPS) is 12.7. The topological polar surface area (TPSA) is 78.9 Å². The molecule has 0 heterocycles. The maximum absolute atomic E-state index is 12.8. The van der Waals surface area contributed by atoms with Crippen molar-refractivity contribution in [2.24, 2.45) is 0 Å². The van der Waals surface area contributed by atoms with Crippen molar-refractivity contribution in [3.63, 3.8) is 0 Å². The predicted octanol–water partition coefficient (Wildman–Crippen LogP) is 22.4. The molecule has 0 saturated carbocycles. The van der Waals surface area contributed by atoms with Crippen LogP contribution in [0.15, 0.2) is 97.2 Å². The van der Waals surface area contributed by atoms with E-state index in [-0.39, 0.29) is 31.1 Å². The zero-order chi connectivity index (χ0) is 55.7. The quantitative estimate of drug-likeness (QED) is 0.0261. The summed E-state index contributed by atoms with van der Waals surface area (Å²) in [5.41, 5.74) is 0. The van der Waals surface area contributed by atoms with Crippen molar-refractivity contribution in [2.75, 3.05) is 13.2 Å². The molecule has 0 rings (SSSR count). The highest BCUT2D eigenvalue weighted by Gasteiger charge is 2.19. The Morgan fingerprint density at radius 3 is 0.792 bits per heavy atom. The lowest BCUT2D eigenvalue weighted by Gasteiger charge is -2.18. The van der Waals surface area contributed by atoms with Crippen LogP contribution in [0.2, 0.25) is 0 Å². The van der Waals surface area contributed by atoms with E-state index in [1.54, 1.807) is 0 Å². The lowest BCUT2D eigenvalue weighted by molar-refractivity contribution is -0.167. The van der Waals surface area contributed by atoms with Crippen molar-refractivity contribution < 1.29 is 28.6 Å². The van der Waals surface area contributed by atoms with E-state index < -0.39 is 6.10 Å². The molecule has 0 aromatic heterocycles. The van der Waals surface area contributed by atoms with Gasteiger partial charge in [0.2, 0.25) is 0 Å². The van der Waals surface area contributed by atoms with Crippen molar-refractivity contribution in [1.29, 1.82) is 0 Å². The molecule has 0 N–H and O–H groups in total. The standard InChI is InChI=1S/C71H122O6/c1-4-7-10-13-16-18-20-22-24-26-27-28-29-30-31-32-33-34-35-36-37-38-39-40-41-42-43-45-46-48-50-52-55-58-61-64-70(73)76-67-68(66-75-69(72)63-60-57-54-15-12-9-6-3)77-71(74)65-62-59-56-53-51-49-47-44-25-23-21-19-17-14-11-8-5-2/h7-8,10-11,16-19,22-25,27-28,47,49,68H,4-6,9,12-15,20-21,26,29-46,48,50-67H2,1-3H3/b10-7-,11-8-,18-16-,19-17-,24-22-,25-23-,28-27-,49-47-. The first-order valence-electron chi connectivity index (χ1n) is 32.7. The van der Waals surface area contributed by atoms with Gasteiger partial charge in [-0.3, -0.25) is 14.4 Å². The number of unbranched alkanes of at least 4 members (excludes halogenated alkanes) is 32. The molecule has 442 valence electrons. The van der Waals surface area contributed by atoms with Crippen molar-refractivity contribution in [3.8, 4) is 0 Å². The van der Waals surface area contributed by atoms with Gasteiger partial charge in [0.15, 0.2) is 6.10 Å². The van der Waals surface area contributed by atoms with Crippen LogP contribution in [0, 0.1) is 0 Å². The minimum atomic E-state index is -0.785. The Kier molecular flexibility index (Phi) is 61.8. The number of carbonyl (C=O) groups excluding carboxylic acids is 3. The minimum Gasteiger partial charge on any atom is -0.462 e. The first kappa shape index (κ1) is 73.3. The molecule has 0 aliphatic carbocycles. The number of hydrogen-bond donors (Lipinski definition) is 0. The Hall–Kier alpha value is -3.67. The predicted molar refractivity (Wildman–Crippen MR) is 334 cm³/mol. The minimum absolute atomic E-state index is 0.0833. The summed E-state index contributed by atoms with van der Waals surface area (Å²) in [6.07, 6.45) is 87.5. The Bertz CT molecular complexity index is 1510. The van der Waals surface area contributed by atoms with Crippen LogP contribution >= 0.6 is 0 Å². The highest BCUT2D eigenvalue weighted by molar-refractivity contribution is 5.71. The fraction of sp³-hybridized carbons (Fsp3) is 0.732. The van der Waals surface area contributed by atoms with Gasteiger partial charge in [-0.1, -0.05) is 298 Å². The van der Waals surface area contributed by atoms with Crippen LogP contribution in [-0.4, -0.2) is 37.2 Å².